The lowest BCUT2D eigenvalue weighted by molar-refractivity contribution is 0.287. The van der Waals surface area contributed by atoms with E-state index in [2.05, 4.69) is 10.2 Å². The van der Waals surface area contributed by atoms with Crippen LogP contribution in [0.4, 0.5) is 0 Å². The molecule has 0 fully saturated rings. The van der Waals surface area contributed by atoms with E-state index in [0.29, 0.717) is 18.5 Å². The molecule has 0 atom stereocenters. The molecule has 2 heterocycles. The van der Waals surface area contributed by atoms with Gasteiger partial charge in [-0.2, -0.15) is 5.10 Å². The fourth-order valence-electron chi connectivity index (χ4n) is 1.38. The Morgan fingerprint density at radius 3 is 3.21 bits per heavy atom. The Hall–Kier alpha value is -1.62. The summed E-state index contributed by atoms with van der Waals surface area (Å²) in [6.45, 7) is 0.147. The van der Waals surface area contributed by atoms with Crippen molar-refractivity contribution in [2.24, 2.45) is 0 Å². The molecule has 0 spiro atoms. The highest BCUT2D eigenvalue weighted by Gasteiger charge is 2.02. The van der Waals surface area contributed by atoms with Crippen LogP contribution < -0.4 is 5.43 Å². The van der Waals surface area contributed by atoms with Crippen LogP contribution >= 0.6 is 0 Å². The third-order valence-electron chi connectivity index (χ3n) is 2.06. The van der Waals surface area contributed by atoms with Crippen molar-refractivity contribution in [1.29, 1.82) is 0 Å². The molecule has 0 aliphatic carbocycles. The molecule has 2 aromatic rings. The van der Waals surface area contributed by atoms with Gasteiger partial charge in [0.1, 0.15) is 11.5 Å². The van der Waals surface area contributed by atoms with Crippen LogP contribution in [0.25, 0.3) is 5.65 Å². The Bertz CT molecular complexity index is 486. The topological polar surface area (TPSA) is 70.4 Å². The normalized spacial score (nSPS) is 10.9. The monoisotopic (exact) mass is 193 g/mol. The van der Waals surface area contributed by atoms with Crippen molar-refractivity contribution in [3.05, 3.63) is 34.4 Å². The lowest BCUT2D eigenvalue weighted by Gasteiger charge is -1.96. The van der Waals surface area contributed by atoms with Crippen LogP contribution in [0.15, 0.2) is 23.1 Å². The van der Waals surface area contributed by atoms with Gasteiger partial charge < -0.3 is 5.11 Å². The van der Waals surface area contributed by atoms with E-state index in [1.165, 1.54) is 12.1 Å². The van der Waals surface area contributed by atoms with Crippen molar-refractivity contribution >= 4 is 5.65 Å². The molecule has 2 rings (SSSR count). The van der Waals surface area contributed by atoms with Crippen molar-refractivity contribution in [1.82, 2.24) is 14.6 Å². The zero-order chi connectivity index (χ0) is 9.97. The fraction of sp³-hybridized carbons (Fsp3) is 0.333. The highest BCUT2D eigenvalue weighted by molar-refractivity contribution is 5.37. The van der Waals surface area contributed by atoms with E-state index in [4.69, 9.17) is 5.11 Å². The van der Waals surface area contributed by atoms with E-state index in [0.717, 1.165) is 5.82 Å². The smallest absolute Gasteiger partial charge is 0.183 e. The summed E-state index contributed by atoms with van der Waals surface area (Å²) in [5.41, 5.74) is 0.646. The van der Waals surface area contributed by atoms with Gasteiger partial charge in [0.05, 0.1) is 0 Å². The van der Waals surface area contributed by atoms with Crippen LogP contribution in [0.5, 0.6) is 0 Å². The second-order valence-electron chi connectivity index (χ2n) is 3.08. The van der Waals surface area contributed by atoms with Gasteiger partial charge in [0.15, 0.2) is 5.43 Å². The Balaban J connectivity index is 2.42. The number of nitrogens with one attached hydrogen (secondary N) is 1. The largest absolute Gasteiger partial charge is 0.396 e. The first-order valence-electron chi connectivity index (χ1n) is 4.48. The Kier molecular flexibility index (Phi) is 2.32. The van der Waals surface area contributed by atoms with Gasteiger partial charge >= 0.3 is 0 Å². The average molecular weight is 193 g/mol. The van der Waals surface area contributed by atoms with E-state index >= 15 is 0 Å². The number of hydrogen-bond donors (Lipinski definition) is 2. The minimum atomic E-state index is -0.0395. The molecule has 0 amide bonds. The Morgan fingerprint density at radius 2 is 2.43 bits per heavy atom. The first-order chi connectivity index (χ1) is 6.81. The summed E-state index contributed by atoms with van der Waals surface area (Å²) in [6, 6.07) is 2.99. The molecule has 14 heavy (non-hydrogen) atoms. The highest BCUT2D eigenvalue weighted by Crippen LogP contribution is 2.02. The number of aromatic nitrogens is 3. The predicted octanol–water partition coefficient (Wildman–Crippen LogP) is -0.0525. The number of fused-ring (bicyclic) bond motifs is 1. The number of aromatic amines is 1. The van der Waals surface area contributed by atoms with Gasteiger partial charge in [-0.15, -0.1) is 0 Å². The number of aliphatic hydroxyl groups excluding tert-OH is 1. The van der Waals surface area contributed by atoms with Crippen LogP contribution in [-0.4, -0.2) is 26.3 Å². The second-order valence-corrected chi connectivity index (χ2v) is 3.08. The fourth-order valence-corrected chi connectivity index (χ4v) is 1.38. The van der Waals surface area contributed by atoms with E-state index in [1.54, 1.807) is 6.20 Å². The molecule has 0 bridgehead atoms. The van der Waals surface area contributed by atoms with Gasteiger partial charge in [-0.3, -0.25) is 14.3 Å². The predicted molar refractivity (Wildman–Crippen MR) is 51.2 cm³/mol. The van der Waals surface area contributed by atoms with Crippen molar-refractivity contribution < 1.29 is 5.11 Å². The number of pyridine rings is 1. The summed E-state index contributed by atoms with van der Waals surface area (Å²) in [5, 5.41) is 15.5. The maximum absolute atomic E-state index is 11.0. The Labute approximate surface area is 80.0 Å². The van der Waals surface area contributed by atoms with Crippen LogP contribution in [0.2, 0.25) is 0 Å². The van der Waals surface area contributed by atoms with Crippen molar-refractivity contribution in [3.63, 3.8) is 0 Å². The molecule has 0 unspecified atom stereocenters. The summed E-state index contributed by atoms with van der Waals surface area (Å²) in [5.74, 6) is 0.828. The molecule has 74 valence electrons. The summed E-state index contributed by atoms with van der Waals surface area (Å²) in [4.78, 5) is 11.0. The van der Waals surface area contributed by atoms with E-state index in [9.17, 15) is 4.79 Å². The maximum Gasteiger partial charge on any atom is 0.183 e. The quantitative estimate of drug-likeness (QED) is 0.717. The van der Waals surface area contributed by atoms with E-state index < -0.39 is 0 Å². The standard InChI is InChI=1S/C9H11N3O2/c13-5-1-2-8-10-11-9-6-7(14)3-4-12(8)9/h3-4,6,11,13H,1-2,5H2. The van der Waals surface area contributed by atoms with Gasteiger partial charge in [-0.25, -0.2) is 0 Å². The van der Waals surface area contributed by atoms with Crippen LogP contribution in [0.3, 0.4) is 0 Å². The molecule has 5 heteroatoms. The number of nitrogens with zero attached hydrogens (tertiary/aromatic N) is 2. The lowest BCUT2D eigenvalue weighted by Crippen LogP contribution is -2.01. The first-order valence-corrected chi connectivity index (χ1v) is 4.48. The van der Waals surface area contributed by atoms with Crippen molar-refractivity contribution in [3.8, 4) is 0 Å². The summed E-state index contributed by atoms with van der Waals surface area (Å²) in [7, 11) is 0. The van der Waals surface area contributed by atoms with Gasteiger partial charge in [0.2, 0.25) is 0 Å². The highest BCUT2D eigenvalue weighted by atomic mass is 16.2. The van der Waals surface area contributed by atoms with Crippen LogP contribution in [-0.2, 0) is 6.42 Å². The SMILES string of the molecule is O=c1ccn2c(CCCO)n[nH]c2c1. The first kappa shape index (κ1) is 8.96. The number of aryl methyl sites for hydroxylation is 1. The molecule has 0 aliphatic heterocycles. The third kappa shape index (κ3) is 1.54. The molecule has 0 saturated carbocycles. The van der Waals surface area contributed by atoms with Gasteiger partial charge in [0.25, 0.3) is 0 Å². The molecular formula is C9H11N3O2. The maximum atomic E-state index is 11.0. The molecule has 0 radical (unpaired) electrons. The molecule has 2 N–H and O–H groups in total. The summed E-state index contributed by atoms with van der Waals surface area (Å²) in [6.07, 6.45) is 3.05. The second kappa shape index (κ2) is 3.63. The minimum absolute atomic E-state index is 0.0395. The summed E-state index contributed by atoms with van der Waals surface area (Å²) >= 11 is 0. The van der Waals surface area contributed by atoms with Crippen LogP contribution in [0.1, 0.15) is 12.2 Å². The van der Waals surface area contributed by atoms with Gasteiger partial charge in [-0.05, 0) is 6.42 Å². The number of aliphatic hydroxyl groups is 1. The number of H-pyrrole nitrogens is 1. The average Bonchev–Trinajstić information content (AvgIpc) is 2.57. The molecular weight excluding hydrogens is 182 g/mol. The van der Waals surface area contributed by atoms with Gasteiger partial charge in [0, 0.05) is 31.4 Å². The van der Waals surface area contributed by atoms with Crippen LogP contribution in [0, 0.1) is 0 Å². The Morgan fingerprint density at radius 1 is 1.57 bits per heavy atom. The molecule has 0 saturated heterocycles. The van der Waals surface area contributed by atoms with Gasteiger partial charge in [-0.1, -0.05) is 0 Å². The zero-order valence-corrected chi connectivity index (χ0v) is 7.60. The van der Waals surface area contributed by atoms with Crippen molar-refractivity contribution in [2.75, 3.05) is 6.61 Å². The molecule has 5 nitrogen and oxygen atoms in total. The third-order valence-corrected chi connectivity index (χ3v) is 2.06. The number of rotatable bonds is 3. The zero-order valence-electron chi connectivity index (χ0n) is 7.60. The summed E-state index contributed by atoms with van der Waals surface area (Å²) < 4.78 is 1.82. The molecule has 0 aliphatic rings. The van der Waals surface area contributed by atoms with Crippen molar-refractivity contribution in [2.45, 2.75) is 12.8 Å². The van der Waals surface area contributed by atoms with E-state index in [1.807, 2.05) is 4.40 Å². The molecule has 0 aromatic carbocycles. The molecule has 2 aromatic heterocycles. The number of hydrogen-bond acceptors (Lipinski definition) is 3. The van der Waals surface area contributed by atoms with E-state index in [-0.39, 0.29) is 12.0 Å². The lowest BCUT2D eigenvalue weighted by atomic mass is 10.3. The minimum Gasteiger partial charge on any atom is -0.396 e.